The van der Waals surface area contributed by atoms with Gasteiger partial charge in [0.25, 0.3) is 0 Å². The zero-order valence-corrected chi connectivity index (χ0v) is 14.0. The Balaban J connectivity index is 2.27. The van der Waals surface area contributed by atoms with Crippen LogP contribution in [0.25, 0.3) is 6.08 Å². The van der Waals surface area contributed by atoms with Crippen LogP contribution in [0.4, 0.5) is 5.69 Å². The molecule has 0 unspecified atom stereocenters. The molecular formula is C21H25N. The van der Waals surface area contributed by atoms with E-state index in [1.807, 2.05) is 30.5 Å². The maximum atomic E-state index is 4.75. The Morgan fingerprint density at radius 2 is 1.36 bits per heavy atom. The molecular weight excluding hydrogens is 266 g/mol. The van der Waals surface area contributed by atoms with Crippen LogP contribution in [-0.2, 0) is 0 Å². The molecule has 2 aromatic rings. The van der Waals surface area contributed by atoms with Crippen molar-refractivity contribution in [2.45, 2.75) is 39.5 Å². The highest BCUT2D eigenvalue weighted by atomic mass is 14.7. The number of aliphatic imine (C=N–C) groups is 1. The molecule has 1 nitrogen and oxygen atoms in total. The average Bonchev–Trinajstić information content (AvgIpc) is 2.52. The summed E-state index contributed by atoms with van der Waals surface area (Å²) in [5.41, 5.74) is 4.95. The van der Waals surface area contributed by atoms with Crippen LogP contribution in [0.15, 0.2) is 59.6 Å². The summed E-state index contributed by atoms with van der Waals surface area (Å²) in [5, 5.41) is 0. The van der Waals surface area contributed by atoms with Gasteiger partial charge < -0.3 is 0 Å². The molecule has 0 aliphatic heterocycles. The van der Waals surface area contributed by atoms with Crippen LogP contribution in [0.1, 0.15) is 56.2 Å². The highest BCUT2D eigenvalue weighted by molar-refractivity contribution is 5.81. The van der Waals surface area contributed by atoms with Crippen molar-refractivity contribution in [3.05, 3.63) is 71.3 Å². The number of para-hydroxylation sites is 1. The SMILES string of the molecule is CC(C)c1cccc(C(C)C)c1N=C/C=C/c1ccccc1. The van der Waals surface area contributed by atoms with Crippen LogP contribution in [0.3, 0.4) is 0 Å². The highest BCUT2D eigenvalue weighted by Crippen LogP contribution is 2.34. The third-order valence-electron chi connectivity index (χ3n) is 3.72. The second-order valence-corrected chi connectivity index (χ2v) is 6.14. The topological polar surface area (TPSA) is 12.4 Å². The van der Waals surface area contributed by atoms with Crippen molar-refractivity contribution in [2.24, 2.45) is 4.99 Å². The molecule has 0 amide bonds. The van der Waals surface area contributed by atoms with Crippen LogP contribution in [0, 0.1) is 0 Å². The summed E-state index contributed by atoms with van der Waals surface area (Å²) in [6.45, 7) is 8.88. The van der Waals surface area contributed by atoms with E-state index in [9.17, 15) is 0 Å². The maximum absolute atomic E-state index is 4.75. The molecule has 2 rings (SSSR count). The summed E-state index contributed by atoms with van der Waals surface area (Å²) in [7, 11) is 0. The van der Waals surface area contributed by atoms with Gasteiger partial charge in [0.05, 0.1) is 5.69 Å². The summed E-state index contributed by atoms with van der Waals surface area (Å²) >= 11 is 0. The van der Waals surface area contributed by atoms with Gasteiger partial charge in [-0.15, -0.1) is 0 Å². The van der Waals surface area contributed by atoms with E-state index in [4.69, 9.17) is 4.99 Å². The zero-order chi connectivity index (χ0) is 15.9. The van der Waals surface area contributed by atoms with Gasteiger partial charge in [-0.3, -0.25) is 4.99 Å². The third kappa shape index (κ3) is 4.17. The summed E-state index contributed by atoms with van der Waals surface area (Å²) in [5.74, 6) is 0.952. The van der Waals surface area contributed by atoms with Crippen molar-refractivity contribution in [1.29, 1.82) is 0 Å². The first kappa shape index (κ1) is 16.2. The highest BCUT2D eigenvalue weighted by Gasteiger charge is 2.12. The Morgan fingerprint density at radius 1 is 0.773 bits per heavy atom. The minimum absolute atomic E-state index is 0.476. The molecule has 1 heteroatoms. The molecule has 0 aliphatic rings. The largest absolute Gasteiger partial charge is 0.256 e. The first-order chi connectivity index (χ1) is 10.6. The molecule has 2 aromatic carbocycles. The lowest BCUT2D eigenvalue weighted by atomic mass is 9.93. The molecule has 22 heavy (non-hydrogen) atoms. The summed E-state index contributed by atoms with van der Waals surface area (Å²) in [4.78, 5) is 4.75. The second-order valence-electron chi connectivity index (χ2n) is 6.14. The third-order valence-corrected chi connectivity index (χ3v) is 3.72. The number of allylic oxidation sites excluding steroid dienone is 1. The number of rotatable bonds is 5. The van der Waals surface area contributed by atoms with Gasteiger partial charge in [0.1, 0.15) is 0 Å². The molecule has 0 spiro atoms. The standard InChI is InChI=1S/C21H25N/c1-16(2)19-13-8-14-20(17(3)4)21(19)22-15-9-12-18-10-6-5-7-11-18/h5-17H,1-4H3/b12-9+,22-15?. The summed E-state index contributed by atoms with van der Waals surface area (Å²) in [6.07, 6.45) is 5.99. The lowest BCUT2D eigenvalue weighted by molar-refractivity contribution is 0.835. The van der Waals surface area contributed by atoms with E-state index in [1.54, 1.807) is 0 Å². The lowest BCUT2D eigenvalue weighted by Crippen LogP contribution is -1.95. The Labute approximate surface area is 134 Å². The fraction of sp³-hybridized carbons (Fsp3) is 0.286. The van der Waals surface area contributed by atoms with Gasteiger partial charge in [0.2, 0.25) is 0 Å². The van der Waals surface area contributed by atoms with Crippen molar-refractivity contribution < 1.29 is 0 Å². The van der Waals surface area contributed by atoms with Gasteiger partial charge in [-0.05, 0) is 34.6 Å². The lowest BCUT2D eigenvalue weighted by Gasteiger charge is -2.15. The minimum atomic E-state index is 0.476. The molecule has 0 saturated carbocycles. The molecule has 0 radical (unpaired) electrons. The molecule has 114 valence electrons. The number of benzene rings is 2. The van der Waals surface area contributed by atoms with Gasteiger partial charge in [0.15, 0.2) is 0 Å². The molecule has 0 aliphatic carbocycles. The Morgan fingerprint density at radius 3 is 1.91 bits per heavy atom. The molecule has 0 fully saturated rings. The predicted molar refractivity (Wildman–Crippen MR) is 98.2 cm³/mol. The van der Waals surface area contributed by atoms with E-state index < -0.39 is 0 Å². The van der Waals surface area contributed by atoms with Crippen molar-refractivity contribution in [2.75, 3.05) is 0 Å². The smallest absolute Gasteiger partial charge is 0.0698 e. The molecule has 0 bridgehead atoms. The van der Waals surface area contributed by atoms with E-state index in [-0.39, 0.29) is 0 Å². The maximum Gasteiger partial charge on any atom is 0.0698 e. The number of nitrogens with zero attached hydrogens (tertiary/aromatic N) is 1. The van der Waals surface area contributed by atoms with Crippen LogP contribution in [0.5, 0.6) is 0 Å². The normalized spacial score (nSPS) is 12.1. The van der Waals surface area contributed by atoms with Crippen LogP contribution in [-0.4, -0.2) is 6.21 Å². The van der Waals surface area contributed by atoms with Gasteiger partial charge in [-0.25, -0.2) is 0 Å². The Kier molecular flexibility index (Phi) is 5.71. The van der Waals surface area contributed by atoms with E-state index in [1.165, 1.54) is 16.7 Å². The Hall–Kier alpha value is -2.15. The van der Waals surface area contributed by atoms with Gasteiger partial charge in [-0.1, -0.05) is 82.3 Å². The number of hydrogen-bond acceptors (Lipinski definition) is 1. The predicted octanol–water partition coefficient (Wildman–Crippen LogP) is 6.35. The fourth-order valence-corrected chi connectivity index (χ4v) is 2.50. The van der Waals surface area contributed by atoms with Crippen molar-refractivity contribution in [3.63, 3.8) is 0 Å². The average molecular weight is 291 g/mol. The molecule has 0 heterocycles. The van der Waals surface area contributed by atoms with Crippen LogP contribution < -0.4 is 0 Å². The van der Waals surface area contributed by atoms with Gasteiger partial charge in [-0.2, -0.15) is 0 Å². The van der Waals surface area contributed by atoms with Crippen LogP contribution >= 0.6 is 0 Å². The first-order valence-corrected chi connectivity index (χ1v) is 7.98. The van der Waals surface area contributed by atoms with Crippen molar-refractivity contribution in [3.8, 4) is 0 Å². The quantitative estimate of drug-likeness (QED) is 0.569. The van der Waals surface area contributed by atoms with E-state index in [0.29, 0.717) is 11.8 Å². The van der Waals surface area contributed by atoms with Crippen LogP contribution in [0.2, 0.25) is 0 Å². The summed E-state index contributed by atoms with van der Waals surface area (Å²) < 4.78 is 0. The minimum Gasteiger partial charge on any atom is -0.256 e. The van der Waals surface area contributed by atoms with Crippen molar-refractivity contribution >= 4 is 18.0 Å². The van der Waals surface area contributed by atoms with E-state index >= 15 is 0 Å². The van der Waals surface area contributed by atoms with Gasteiger partial charge in [0, 0.05) is 6.21 Å². The second kappa shape index (κ2) is 7.74. The monoisotopic (exact) mass is 291 g/mol. The summed E-state index contributed by atoms with van der Waals surface area (Å²) in [6, 6.07) is 16.8. The molecule has 0 aromatic heterocycles. The zero-order valence-electron chi connectivity index (χ0n) is 14.0. The fourth-order valence-electron chi connectivity index (χ4n) is 2.50. The van der Waals surface area contributed by atoms with E-state index in [2.05, 4.69) is 64.1 Å². The molecule has 0 N–H and O–H groups in total. The van der Waals surface area contributed by atoms with Crippen molar-refractivity contribution in [1.82, 2.24) is 0 Å². The molecule has 0 saturated heterocycles. The Bertz CT molecular complexity index is 623. The number of hydrogen-bond donors (Lipinski definition) is 0. The molecule has 0 atom stereocenters. The van der Waals surface area contributed by atoms with E-state index in [0.717, 1.165) is 5.69 Å². The van der Waals surface area contributed by atoms with Gasteiger partial charge >= 0.3 is 0 Å². The first-order valence-electron chi connectivity index (χ1n) is 7.98.